The Kier molecular flexibility index (Phi) is 2.70. The van der Waals surface area contributed by atoms with Crippen molar-refractivity contribution in [1.29, 1.82) is 0 Å². The Morgan fingerprint density at radius 1 is 1.15 bits per heavy atom. The Bertz CT molecular complexity index is 197. The summed E-state index contributed by atoms with van der Waals surface area (Å²) in [5.41, 5.74) is 0. The largest absolute Gasteiger partial charge is 0.151 e. The van der Waals surface area contributed by atoms with E-state index >= 15 is 0 Å². The number of nitrogens with zero attached hydrogens (tertiary/aromatic N) is 1. The molecule has 2 aliphatic rings. The fraction of sp³-hybridized carbons (Fsp3) is 1.00. The molecule has 0 aliphatic heterocycles. The number of hydrogen-bond donors (Lipinski definition) is 0. The van der Waals surface area contributed by atoms with E-state index in [1.807, 2.05) is 0 Å². The maximum atomic E-state index is 10.4. The van der Waals surface area contributed by atoms with Crippen LogP contribution in [-0.2, 0) is 0 Å². The van der Waals surface area contributed by atoms with Gasteiger partial charge in [0.25, 0.3) is 0 Å². The number of rotatable bonds is 1. The Morgan fingerprint density at radius 3 is 2.77 bits per heavy atom. The van der Waals surface area contributed by atoms with Gasteiger partial charge in [-0.1, -0.05) is 30.3 Å². The van der Waals surface area contributed by atoms with Crippen LogP contribution in [0, 0.1) is 16.7 Å². The van der Waals surface area contributed by atoms with Crippen molar-refractivity contribution in [3.63, 3.8) is 0 Å². The monoisotopic (exact) mass is 177 g/mol. The number of hydrogen-bond acceptors (Lipinski definition) is 2. The minimum Gasteiger partial charge on any atom is -0.151 e. The summed E-state index contributed by atoms with van der Waals surface area (Å²) < 4.78 is 0. The van der Waals surface area contributed by atoms with Crippen molar-refractivity contribution in [1.82, 2.24) is 0 Å². The zero-order chi connectivity index (χ0) is 9.26. The lowest BCUT2D eigenvalue weighted by molar-refractivity contribution is 0.158. The molecule has 0 saturated heterocycles. The molecular weight excluding hydrogens is 161 g/mol. The smallest absolute Gasteiger partial charge is 0.0922 e. The van der Waals surface area contributed by atoms with Crippen LogP contribution in [0.1, 0.15) is 38.5 Å². The summed E-state index contributed by atoms with van der Waals surface area (Å²) in [6.45, 7) is 0. The summed E-state index contributed by atoms with van der Waals surface area (Å²) in [6, 6.07) is 0.0894. The average molecular weight is 177 g/mol. The van der Waals surface area contributed by atoms with Crippen LogP contribution >= 0.6 is 0 Å². The van der Waals surface area contributed by atoms with Crippen LogP contribution < -0.4 is 0 Å². The Morgan fingerprint density at radius 2 is 2.00 bits per heavy atom. The van der Waals surface area contributed by atoms with Crippen LogP contribution in [0.15, 0.2) is 5.18 Å². The SMILES string of the molecule is [B]C1CCCC2CC(N=O)CCC12. The van der Waals surface area contributed by atoms with E-state index < -0.39 is 0 Å². The highest BCUT2D eigenvalue weighted by Crippen LogP contribution is 2.45. The quantitative estimate of drug-likeness (QED) is 0.447. The van der Waals surface area contributed by atoms with E-state index in [2.05, 4.69) is 5.18 Å². The van der Waals surface area contributed by atoms with E-state index in [0.717, 1.165) is 19.3 Å². The Labute approximate surface area is 80.9 Å². The summed E-state index contributed by atoms with van der Waals surface area (Å²) in [6.07, 6.45) is 6.79. The standard InChI is InChI=1S/C10H16BNO/c11-10-3-1-2-7-6-8(12-13)4-5-9(7)10/h7-10H,1-6H2. The first-order chi connectivity index (χ1) is 6.31. The molecule has 0 aromatic heterocycles. The topological polar surface area (TPSA) is 29.4 Å². The average Bonchev–Trinajstić information content (AvgIpc) is 2.18. The summed E-state index contributed by atoms with van der Waals surface area (Å²) in [4.78, 5) is 10.4. The fourth-order valence-corrected chi connectivity index (χ4v) is 3.08. The van der Waals surface area contributed by atoms with Crippen molar-refractivity contribution in [2.75, 3.05) is 0 Å². The van der Waals surface area contributed by atoms with Crippen molar-refractivity contribution in [2.24, 2.45) is 17.0 Å². The first kappa shape index (κ1) is 9.23. The molecule has 0 heterocycles. The molecule has 0 spiro atoms. The molecule has 2 saturated carbocycles. The van der Waals surface area contributed by atoms with Gasteiger partial charge in [0, 0.05) is 0 Å². The van der Waals surface area contributed by atoms with Crippen molar-refractivity contribution in [3.05, 3.63) is 4.91 Å². The van der Waals surface area contributed by atoms with Gasteiger partial charge in [0.1, 0.15) is 0 Å². The van der Waals surface area contributed by atoms with Crippen LogP contribution in [0.2, 0.25) is 5.82 Å². The molecule has 2 rings (SSSR count). The third-order valence-corrected chi connectivity index (χ3v) is 3.82. The predicted octanol–water partition coefficient (Wildman–Crippen LogP) is 2.68. The van der Waals surface area contributed by atoms with E-state index in [-0.39, 0.29) is 6.04 Å². The van der Waals surface area contributed by atoms with Gasteiger partial charge >= 0.3 is 0 Å². The minimum atomic E-state index is 0.0894. The maximum absolute atomic E-state index is 10.4. The van der Waals surface area contributed by atoms with Gasteiger partial charge in [-0.25, -0.2) is 0 Å². The number of nitroso groups, excluding NO2 is 1. The van der Waals surface area contributed by atoms with Crippen LogP contribution in [0.4, 0.5) is 0 Å². The maximum Gasteiger partial charge on any atom is 0.0922 e. The molecular formula is C10H16BNO. The minimum absolute atomic E-state index is 0.0894. The summed E-state index contributed by atoms with van der Waals surface area (Å²) in [7, 11) is 6.07. The molecule has 13 heavy (non-hydrogen) atoms. The molecule has 0 aromatic carbocycles. The molecule has 70 valence electrons. The van der Waals surface area contributed by atoms with Crippen LogP contribution in [0.25, 0.3) is 0 Å². The van der Waals surface area contributed by atoms with Gasteiger partial charge in [0.05, 0.1) is 13.9 Å². The lowest BCUT2D eigenvalue weighted by atomic mass is 9.58. The van der Waals surface area contributed by atoms with E-state index in [1.165, 1.54) is 19.3 Å². The second-order valence-electron chi connectivity index (χ2n) is 4.59. The van der Waals surface area contributed by atoms with Crippen molar-refractivity contribution in [2.45, 2.75) is 50.4 Å². The van der Waals surface area contributed by atoms with Crippen molar-refractivity contribution < 1.29 is 0 Å². The highest BCUT2D eigenvalue weighted by atomic mass is 16.3. The van der Waals surface area contributed by atoms with Gasteiger partial charge in [0.15, 0.2) is 0 Å². The molecule has 0 bridgehead atoms. The second-order valence-corrected chi connectivity index (χ2v) is 4.59. The molecule has 4 unspecified atom stereocenters. The highest BCUT2D eigenvalue weighted by Gasteiger charge is 2.35. The molecule has 4 atom stereocenters. The van der Waals surface area contributed by atoms with Gasteiger partial charge in [-0.05, 0) is 31.1 Å². The molecule has 2 aliphatic carbocycles. The fourth-order valence-electron chi connectivity index (χ4n) is 3.08. The molecule has 2 nitrogen and oxygen atoms in total. The molecule has 0 aromatic rings. The highest BCUT2D eigenvalue weighted by molar-refractivity contribution is 6.11. The second kappa shape index (κ2) is 3.81. The van der Waals surface area contributed by atoms with Crippen LogP contribution in [0.3, 0.4) is 0 Å². The Balaban J connectivity index is 1.99. The molecule has 2 fully saturated rings. The van der Waals surface area contributed by atoms with E-state index in [9.17, 15) is 4.91 Å². The van der Waals surface area contributed by atoms with Gasteiger partial charge in [-0.15, -0.1) is 0 Å². The van der Waals surface area contributed by atoms with Gasteiger partial charge in [-0.3, -0.25) is 0 Å². The first-order valence-corrected chi connectivity index (χ1v) is 5.39. The normalized spacial score (nSPS) is 45.2. The van der Waals surface area contributed by atoms with Crippen molar-refractivity contribution in [3.8, 4) is 0 Å². The predicted molar refractivity (Wildman–Crippen MR) is 53.8 cm³/mol. The molecule has 0 N–H and O–H groups in total. The summed E-state index contributed by atoms with van der Waals surface area (Å²) in [5.74, 6) is 1.78. The molecule has 3 heteroatoms. The van der Waals surface area contributed by atoms with E-state index in [0.29, 0.717) is 17.7 Å². The van der Waals surface area contributed by atoms with E-state index in [1.54, 1.807) is 0 Å². The lowest BCUT2D eigenvalue weighted by Crippen LogP contribution is -2.32. The third kappa shape index (κ3) is 1.79. The number of fused-ring (bicyclic) bond motifs is 1. The summed E-state index contributed by atoms with van der Waals surface area (Å²) in [5, 5.41) is 3.17. The van der Waals surface area contributed by atoms with Gasteiger partial charge < -0.3 is 0 Å². The molecule has 0 amide bonds. The van der Waals surface area contributed by atoms with Crippen LogP contribution in [0.5, 0.6) is 0 Å². The van der Waals surface area contributed by atoms with E-state index in [4.69, 9.17) is 7.85 Å². The zero-order valence-electron chi connectivity index (χ0n) is 7.98. The Hall–Kier alpha value is -0.335. The zero-order valence-corrected chi connectivity index (χ0v) is 7.98. The van der Waals surface area contributed by atoms with Crippen molar-refractivity contribution >= 4 is 7.85 Å². The first-order valence-electron chi connectivity index (χ1n) is 5.39. The summed E-state index contributed by atoms with van der Waals surface area (Å²) >= 11 is 0. The molecule has 2 radical (unpaired) electrons. The van der Waals surface area contributed by atoms with Gasteiger partial charge in [-0.2, -0.15) is 4.91 Å². The van der Waals surface area contributed by atoms with Gasteiger partial charge in [0.2, 0.25) is 0 Å². The van der Waals surface area contributed by atoms with Crippen LogP contribution in [-0.4, -0.2) is 13.9 Å². The lowest BCUT2D eigenvalue weighted by Gasteiger charge is -2.41. The third-order valence-electron chi connectivity index (χ3n) is 3.82.